The van der Waals surface area contributed by atoms with Crippen molar-refractivity contribution in [1.29, 1.82) is 0 Å². The smallest absolute Gasteiger partial charge is 0.261 e. The molecule has 1 amide bonds. The SMILES string of the molecule is CCCCCc1ccc(NS(=O)(=O)c2cccc(-c3csc(NC(=O)CCCCCN4CCN(C)CC4)n3)c2)cc1. The first-order valence-corrected chi connectivity index (χ1v) is 17.1. The first kappa shape index (κ1) is 31.2. The number of rotatable bonds is 15. The Kier molecular flexibility index (Phi) is 11.7. The molecule has 0 bridgehead atoms. The third-order valence-corrected chi connectivity index (χ3v) is 9.58. The first-order valence-electron chi connectivity index (χ1n) is 14.7. The predicted molar refractivity (Wildman–Crippen MR) is 169 cm³/mol. The molecule has 1 fully saturated rings. The van der Waals surface area contributed by atoms with E-state index in [2.05, 4.69) is 38.8 Å². The van der Waals surface area contributed by atoms with Crippen molar-refractivity contribution in [2.24, 2.45) is 0 Å². The number of unbranched alkanes of at least 4 members (excludes halogenated alkanes) is 4. The summed E-state index contributed by atoms with van der Waals surface area (Å²) in [6, 6.07) is 14.3. The zero-order valence-corrected chi connectivity index (χ0v) is 25.9. The Bertz CT molecular complexity index is 1350. The van der Waals surface area contributed by atoms with Crippen LogP contribution >= 0.6 is 11.3 Å². The van der Waals surface area contributed by atoms with Gasteiger partial charge in [0.25, 0.3) is 10.0 Å². The van der Waals surface area contributed by atoms with Crippen molar-refractivity contribution in [2.75, 3.05) is 49.8 Å². The topological polar surface area (TPSA) is 94.6 Å². The number of nitrogens with one attached hydrogen (secondary N) is 2. The van der Waals surface area contributed by atoms with Crippen LogP contribution in [0, 0.1) is 0 Å². The van der Waals surface area contributed by atoms with Crippen LogP contribution in [0.25, 0.3) is 11.3 Å². The summed E-state index contributed by atoms with van der Waals surface area (Å²) in [7, 11) is -1.60. The minimum absolute atomic E-state index is 0.0394. The van der Waals surface area contributed by atoms with Gasteiger partial charge in [0.1, 0.15) is 0 Å². The van der Waals surface area contributed by atoms with Gasteiger partial charge in [-0.3, -0.25) is 9.52 Å². The summed E-state index contributed by atoms with van der Waals surface area (Å²) in [4.78, 5) is 22.0. The maximum atomic E-state index is 13.1. The number of anilines is 2. The van der Waals surface area contributed by atoms with Crippen LogP contribution in [0.2, 0.25) is 0 Å². The number of thiazole rings is 1. The van der Waals surface area contributed by atoms with E-state index in [1.54, 1.807) is 18.2 Å². The molecule has 1 aliphatic rings. The number of aromatic nitrogens is 1. The van der Waals surface area contributed by atoms with Crippen LogP contribution in [-0.2, 0) is 21.2 Å². The second-order valence-corrected chi connectivity index (χ2v) is 13.4. The van der Waals surface area contributed by atoms with E-state index in [1.165, 1.54) is 29.7 Å². The van der Waals surface area contributed by atoms with Crippen LogP contribution in [0.1, 0.15) is 57.4 Å². The van der Waals surface area contributed by atoms with Crippen LogP contribution in [0.5, 0.6) is 0 Å². The van der Waals surface area contributed by atoms with Crippen LogP contribution < -0.4 is 10.0 Å². The lowest BCUT2D eigenvalue weighted by molar-refractivity contribution is -0.116. The number of likely N-dealkylation sites (N-methyl/N-ethyl adjacent to an activating group) is 1. The number of aryl methyl sites for hydroxylation is 1. The summed E-state index contributed by atoms with van der Waals surface area (Å²) >= 11 is 1.34. The highest BCUT2D eigenvalue weighted by atomic mass is 32.2. The number of carbonyl (C=O) groups excluding carboxylic acids is 1. The van der Waals surface area contributed by atoms with E-state index < -0.39 is 10.0 Å². The average Bonchev–Trinajstić information content (AvgIpc) is 3.43. The molecule has 4 rings (SSSR count). The third-order valence-electron chi connectivity index (χ3n) is 7.44. The van der Waals surface area contributed by atoms with E-state index in [1.807, 2.05) is 35.7 Å². The van der Waals surface area contributed by atoms with Crippen LogP contribution in [0.4, 0.5) is 10.8 Å². The minimum Gasteiger partial charge on any atom is -0.304 e. The molecule has 8 nitrogen and oxygen atoms in total. The van der Waals surface area contributed by atoms with E-state index in [-0.39, 0.29) is 10.8 Å². The summed E-state index contributed by atoms with van der Waals surface area (Å²) in [6.45, 7) is 7.79. The Morgan fingerprint density at radius 1 is 0.976 bits per heavy atom. The van der Waals surface area contributed by atoms with Crippen LogP contribution in [0.15, 0.2) is 58.8 Å². The molecule has 2 aromatic carbocycles. The van der Waals surface area contributed by atoms with Gasteiger partial charge in [0.2, 0.25) is 5.91 Å². The molecule has 0 saturated carbocycles. The summed E-state index contributed by atoms with van der Waals surface area (Å²) in [6.07, 6.45) is 7.95. The van der Waals surface area contributed by atoms with Gasteiger partial charge in [-0.1, -0.05) is 50.5 Å². The lowest BCUT2D eigenvalue weighted by Gasteiger charge is -2.32. The third kappa shape index (κ3) is 9.92. The molecule has 0 radical (unpaired) electrons. The molecular weight excluding hydrogens is 555 g/mol. The van der Waals surface area contributed by atoms with Crippen LogP contribution in [0.3, 0.4) is 0 Å². The molecule has 0 aliphatic carbocycles. The Balaban J connectivity index is 1.25. The molecule has 0 spiro atoms. The van der Waals surface area contributed by atoms with E-state index in [9.17, 15) is 13.2 Å². The van der Waals surface area contributed by atoms with Gasteiger partial charge in [-0.15, -0.1) is 11.3 Å². The Morgan fingerprint density at radius 3 is 2.51 bits per heavy atom. The van der Waals surface area contributed by atoms with Crippen molar-refractivity contribution < 1.29 is 13.2 Å². The summed E-state index contributed by atoms with van der Waals surface area (Å²) < 4.78 is 28.9. The number of hydrogen-bond donors (Lipinski definition) is 2. The molecular formula is C31H43N5O3S2. The van der Waals surface area contributed by atoms with Gasteiger partial charge in [-0.05, 0) is 69.1 Å². The van der Waals surface area contributed by atoms with Gasteiger partial charge in [0.05, 0.1) is 10.6 Å². The molecule has 0 unspecified atom stereocenters. The lowest BCUT2D eigenvalue weighted by Crippen LogP contribution is -2.44. The number of sulfonamides is 1. The first-order chi connectivity index (χ1) is 19.8. The normalized spacial score (nSPS) is 14.7. The fraction of sp³-hybridized carbons (Fsp3) is 0.484. The van der Waals surface area contributed by atoms with Crippen molar-refractivity contribution in [2.45, 2.75) is 63.2 Å². The van der Waals surface area contributed by atoms with Gasteiger partial charge in [-0.2, -0.15) is 0 Å². The summed E-state index contributed by atoms with van der Waals surface area (Å²) in [5.74, 6) is -0.0394. The second kappa shape index (κ2) is 15.4. The molecule has 1 aromatic heterocycles. The zero-order valence-electron chi connectivity index (χ0n) is 24.3. The lowest BCUT2D eigenvalue weighted by atomic mass is 10.1. The monoisotopic (exact) mass is 597 g/mol. The molecule has 222 valence electrons. The molecule has 10 heteroatoms. The van der Waals surface area contributed by atoms with Gasteiger partial charge in [0.15, 0.2) is 5.13 Å². The molecule has 3 aromatic rings. The number of nitrogens with zero attached hydrogens (tertiary/aromatic N) is 3. The number of hydrogen-bond acceptors (Lipinski definition) is 7. The van der Waals surface area contributed by atoms with E-state index in [4.69, 9.17) is 0 Å². The molecule has 2 heterocycles. The van der Waals surface area contributed by atoms with Gasteiger partial charge >= 0.3 is 0 Å². The Morgan fingerprint density at radius 2 is 1.76 bits per heavy atom. The van der Waals surface area contributed by atoms with Gasteiger partial charge in [0, 0.05) is 49.2 Å². The largest absolute Gasteiger partial charge is 0.304 e. The van der Waals surface area contributed by atoms with E-state index in [0.717, 1.165) is 64.8 Å². The maximum absolute atomic E-state index is 13.1. The summed E-state index contributed by atoms with van der Waals surface area (Å²) in [5, 5.41) is 5.25. The van der Waals surface area contributed by atoms with Gasteiger partial charge in [-0.25, -0.2) is 13.4 Å². The number of piperazine rings is 1. The molecule has 0 atom stereocenters. The predicted octanol–water partition coefficient (Wildman–Crippen LogP) is 6.09. The highest BCUT2D eigenvalue weighted by molar-refractivity contribution is 7.92. The Hall–Kier alpha value is -2.79. The van der Waals surface area contributed by atoms with Crippen molar-refractivity contribution >= 4 is 38.1 Å². The highest BCUT2D eigenvalue weighted by Crippen LogP contribution is 2.28. The quantitative estimate of drug-likeness (QED) is 0.206. The van der Waals surface area contributed by atoms with Crippen molar-refractivity contribution in [1.82, 2.24) is 14.8 Å². The second-order valence-electron chi connectivity index (χ2n) is 10.8. The number of amides is 1. The zero-order chi connectivity index (χ0) is 29.1. The van der Waals surface area contributed by atoms with Crippen molar-refractivity contribution in [3.63, 3.8) is 0 Å². The van der Waals surface area contributed by atoms with Crippen LogP contribution in [-0.4, -0.2) is 68.9 Å². The number of carbonyl (C=O) groups is 1. The standard InChI is InChI=1S/C31H43N5O3S2/c1-3-4-6-10-25-14-16-27(17-15-25)34-41(38,39)28-12-9-11-26(23-28)29-24-40-31(32-29)33-30(37)13-7-5-8-18-36-21-19-35(2)20-22-36/h9,11-12,14-17,23-24,34H,3-8,10,13,18-22H2,1-2H3,(H,32,33,37). The Labute approximate surface area is 249 Å². The van der Waals surface area contributed by atoms with E-state index >= 15 is 0 Å². The van der Waals surface area contributed by atoms with Crippen molar-refractivity contribution in [3.05, 3.63) is 59.5 Å². The van der Waals surface area contributed by atoms with Gasteiger partial charge < -0.3 is 15.1 Å². The molecule has 1 aliphatic heterocycles. The molecule has 41 heavy (non-hydrogen) atoms. The summed E-state index contributed by atoms with van der Waals surface area (Å²) in [5.41, 5.74) is 3.05. The van der Waals surface area contributed by atoms with Crippen molar-refractivity contribution in [3.8, 4) is 11.3 Å². The minimum atomic E-state index is -3.76. The molecule has 2 N–H and O–H groups in total. The maximum Gasteiger partial charge on any atom is 0.261 e. The molecule has 1 saturated heterocycles. The number of benzene rings is 2. The fourth-order valence-corrected chi connectivity index (χ4v) is 6.71. The highest BCUT2D eigenvalue weighted by Gasteiger charge is 2.17. The van der Waals surface area contributed by atoms with E-state index in [0.29, 0.717) is 28.5 Å². The fourth-order valence-electron chi connectivity index (χ4n) is 4.87. The average molecular weight is 598 g/mol.